The topological polar surface area (TPSA) is 76.7 Å². The van der Waals surface area contributed by atoms with Crippen LogP contribution >= 0.6 is 0 Å². The van der Waals surface area contributed by atoms with Crippen LogP contribution in [0.3, 0.4) is 0 Å². The van der Waals surface area contributed by atoms with Gasteiger partial charge in [0.25, 0.3) is 5.91 Å². The molecule has 1 aromatic rings. The fraction of sp³-hybridized carbons (Fsp3) is 0.333. The van der Waals surface area contributed by atoms with Gasteiger partial charge >= 0.3 is 6.03 Å². The molecule has 0 spiro atoms. The van der Waals surface area contributed by atoms with Gasteiger partial charge in [0.2, 0.25) is 0 Å². The molecular weight excluding hydrogens is 272 g/mol. The molecule has 2 N–H and O–H groups in total. The molecule has 1 aromatic carbocycles. The summed E-state index contributed by atoms with van der Waals surface area (Å²) in [5, 5.41) is 4.60. The first-order valence-electron chi connectivity index (χ1n) is 6.67. The van der Waals surface area contributed by atoms with E-state index in [1.54, 1.807) is 18.2 Å². The summed E-state index contributed by atoms with van der Waals surface area (Å²) in [4.78, 5) is 22.6. The summed E-state index contributed by atoms with van der Waals surface area (Å²) in [5.74, 6) is 0.885. The zero-order chi connectivity index (χ0) is 15.0. The molecule has 6 heteroatoms. The Bertz CT molecular complexity index is 649. The quantitative estimate of drug-likeness (QED) is 0.608. The Morgan fingerprint density at radius 2 is 1.81 bits per heavy atom. The summed E-state index contributed by atoms with van der Waals surface area (Å²) >= 11 is 0. The van der Waals surface area contributed by atoms with Crippen LogP contribution in [0.2, 0.25) is 0 Å². The van der Waals surface area contributed by atoms with E-state index in [4.69, 9.17) is 9.47 Å². The average molecular weight is 288 g/mol. The summed E-state index contributed by atoms with van der Waals surface area (Å²) < 4.78 is 11.5. The zero-order valence-electron chi connectivity index (χ0n) is 11.9. The van der Waals surface area contributed by atoms with Crippen LogP contribution < -0.4 is 20.1 Å². The first-order chi connectivity index (χ1) is 9.93. The minimum absolute atomic E-state index is 0.0586. The number of rotatable bonds is 1. The predicted octanol–water partition coefficient (Wildman–Crippen LogP) is 1.66. The third-order valence-electron chi connectivity index (χ3n) is 3.24. The van der Waals surface area contributed by atoms with Crippen molar-refractivity contribution in [3.63, 3.8) is 0 Å². The highest BCUT2D eigenvalue weighted by atomic mass is 16.5. The highest BCUT2D eigenvalue weighted by Gasteiger charge is 2.26. The van der Waals surface area contributed by atoms with Gasteiger partial charge in [-0.05, 0) is 23.8 Å². The van der Waals surface area contributed by atoms with Crippen molar-refractivity contribution < 1.29 is 19.1 Å². The third-order valence-corrected chi connectivity index (χ3v) is 3.24. The first-order valence-corrected chi connectivity index (χ1v) is 6.67. The van der Waals surface area contributed by atoms with Gasteiger partial charge in [-0.2, -0.15) is 0 Å². The lowest BCUT2D eigenvalue weighted by atomic mass is 9.97. The number of hydrogen-bond acceptors (Lipinski definition) is 4. The van der Waals surface area contributed by atoms with Crippen LogP contribution in [0.15, 0.2) is 23.9 Å². The van der Waals surface area contributed by atoms with Gasteiger partial charge in [-0.1, -0.05) is 19.9 Å². The Kier molecular flexibility index (Phi) is 3.08. The number of benzene rings is 1. The molecule has 0 radical (unpaired) electrons. The SMILES string of the molecule is CC1(C)COc2ccc(/C=C3/NC(=O)NC3=O)cc2OC1. The van der Waals surface area contributed by atoms with Crippen molar-refractivity contribution in [3.05, 3.63) is 29.5 Å². The maximum Gasteiger partial charge on any atom is 0.326 e. The molecule has 1 fully saturated rings. The molecule has 2 aliphatic heterocycles. The van der Waals surface area contributed by atoms with Gasteiger partial charge in [0.15, 0.2) is 11.5 Å². The second-order valence-corrected chi connectivity index (χ2v) is 5.91. The third kappa shape index (κ3) is 2.84. The second kappa shape index (κ2) is 4.80. The van der Waals surface area contributed by atoms with Crippen molar-refractivity contribution in [3.8, 4) is 11.5 Å². The molecule has 3 rings (SSSR count). The van der Waals surface area contributed by atoms with Crippen LogP contribution in [0.1, 0.15) is 19.4 Å². The summed E-state index contributed by atoms with van der Waals surface area (Å²) in [7, 11) is 0. The van der Waals surface area contributed by atoms with Crippen LogP contribution in [-0.4, -0.2) is 25.2 Å². The van der Waals surface area contributed by atoms with Gasteiger partial charge in [0.1, 0.15) is 5.70 Å². The lowest BCUT2D eigenvalue weighted by Crippen LogP contribution is -2.26. The average Bonchev–Trinajstić information content (AvgIpc) is 2.64. The van der Waals surface area contributed by atoms with Gasteiger partial charge in [0, 0.05) is 5.41 Å². The van der Waals surface area contributed by atoms with Crippen molar-refractivity contribution in [2.24, 2.45) is 5.41 Å². The van der Waals surface area contributed by atoms with Crippen LogP contribution in [-0.2, 0) is 4.79 Å². The summed E-state index contributed by atoms with van der Waals surface area (Å²) in [6.45, 7) is 5.27. The fourth-order valence-corrected chi connectivity index (χ4v) is 2.08. The number of carbonyl (C=O) groups excluding carboxylic acids is 2. The number of amides is 3. The molecule has 0 aromatic heterocycles. The lowest BCUT2D eigenvalue weighted by Gasteiger charge is -2.19. The number of nitrogens with one attached hydrogen (secondary N) is 2. The molecule has 2 heterocycles. The molecular formula is C15H16N2O4. The van der Waals surface area contributed by atoms with Crippen LogP contribution in [0.25, 0.3) is 6.08 Å². The molecule has 0 aliphatic carbocycles. The van der Waals surface area contributed by atoms with E-state index in [9.17, 15) is 9.59 Å². The molecule has 0 bridgehead atoms. The van der Waals surface area contributed by atoms with E-state index in [0.717, 1.165) is 5.56 Å². The number of imide groups is 1. The molecule has 2 aliphatic rings. The minimum Gasteiger partial charge on any atom is -0.489 e. The Hall–Kier alpha value is -2.50. The van der Waals surface area contributed by atoms with E-state index in [-0.39, 0.29) is 11.1 Å². The molecule has 0 atom stereocenters. The van der Waals surface area contributed by atoms with Gasteiger partial charge in [0.05, 0.1) is 13.2 Å². The van der Waals surface area contributed by atoms with Crippen molar-refractivity contribution >= 4 is 18.0 Å². The maximum absolute atomic E-state index is 11.5. The first kappa shape index (κ1) is 13.5. The summed E-state index contributed by atoms with van der Waals surface area (Å²) in [6.07, 6.45) is 1.60. The number of hydrogen-bond donors (Lipinski definition) is 2. The zero-order valence-corrected chi connectivity index (χ0v) is 11.9. The van der Waals surface area contributed by atoms with E-state index in [1.807, 2.05) is 6.07 Å². The molecule has 21 heavy (non-hydrogen) atoms. The van der Waals surface area contributed by atoms with E-state index >= 15 is 0 Å². The van der Waals surface area contributed by atoms with Gasteiger partial charge in [-0.15, -0.1) is 0 Å². The molecule has 0 saturated carbocycles. The predicted molar refractivity (Wildman–Crippen MR) is 75.9 cm³/mol. The highest BCUT2D eigenvalue weighted by molar-refractivity contribution is 6.13. The molecule has 6 nitrogen and oxygen atoms in total. The number of ether oxygens (including phenoxy) is 2. The molecule has 0 unspecified atom stereocenters. The normalized spacial score (nSPS) is 21.7. The van der Waals surface area contributed by atoms with E-state index in [2.05, 4.69) is 24.5 Å². The lowest BCUT2D eigenvalue weighted by molar-refractivity contribution is -0.115. The summed E-state index contributed by atoms with van der Waals surface area (Å²) in [5.41, 5.74) is 0.913. The van der Waals surface area contributed by atoms with E-state index < -0.39 is 11.9 Å². The summed E-state index contributed by atoms with van der Waals surface area (Å²) in [6, 6.07) is 4.90. The Morgan fingerprint density at radius 3 is 2.48 bits per heavy atom. The Balaban J connectivity index is 1.87. The van der Waals surface area contributed by atoms with Crippen molar-refractivity contribution in [1.29, 1.82) is 0 Å². The maximum atomic E-state index is 11.5. The monoisotopic (exact) mass is 288 g/mol. The van der Waals surface area contributed by atoms with Gasteiger partial charge in [-0.25, -0.2) is 4.79 Å². The number of fused-ring (bicyclic) bond motifs is 1. The molecule has 3 amide bonds. The van der Waals surface area contributed by atoms with Gasteiger partial charge < -0.3 is 14.8 Å². The van der Waals surface area contributed by atoms with E-state index in [1.165, 1.54) is 0 Å². The standard InChI is InChI=1S/C15H16N2O4/c1-15(2)7-20-11-4-3-9(6-12(11)21-8-15)5-10-13(18)17-14(19)16-10/h3-6H,7-8H2,1-2H3,(H2,16,17,18,19)/b10-5+. The van der Waals surface area contributed by atoms with Crippen molar-refractivity contribution in [1.82, 2.24) is 10.6 Å². The number of urea groups is 1. The van der Waals surface area contributed by atoms with Crippen molar-refractivity contribution in [2.45, 2.75) is 13.8 Å². The number of carbonyl (C=O) groups is 2. The second-order valence-electron chi connectivity index (χ2n) is 5.91. The molecule has 1 saturated heterocycles. The van der Waals surface area contributed by atoms with Crippen LogP contribution in [0.4, 0.5) is 4.79 Å². The smallest absolute Gasteiger partial charge is 0.326 e. The Labute approximate surface area is 122 Å². The van der Waals surface area contributed by atoms with Crippen LogP contribution in [0.5, 0.6) is 11.5 Å². The van der Waals surface area contributed by atoms with Gasteiger partial charge in [-0.3, -0.25) is 10.1 Å². The van der Waals surface area contributed by atoms with Crippen LogP contribution in [0, 0.1) is 5.41 Å². The minimum atomic E-state index is -0.512. The largest absolute Gasteiger partial charge is 0.489 e. The molecule has 110 valence electrons. The van der Waals surface area contributed by atoms with Crippen molar-refractivity contribution in [2.75, 3.05) is 13.2 Å². The Morgan fingerprint density at radius 1 is 1.10 bits per heavy atom. The van der Waals surface area contributed by atoms with E-state index in [0.29, 0.717) is 24.7 Å². The highest BCUT2D eigenvalue weighted by Crippen LogP contribution is 2.34. The fourth-order valence-electron chi connectivity index (χ4n) is 2.08.